The molecule has 1 aromatic rings. The topological polar surface area (TPSA) is 52.7 Å². The molecule has 2 rings (SSSR count). The number of carbonyl (C=O) groups is 2. The first-order chi connectivity index (χ1) is 12.6. The Balaban J connectivity index is 1.96. The average molecular weight is 385 g/mol. The van der Waals surface area contributed by atoms with Gasteiger partial charge in [-0.15, -0.1) is 0 Å². The fourth-order valence-corrected chi connectivity index (χ4v) is 3.23. The molecule has 1 N–H and O–H groups in total. The molecule has 0 saturated carbocycles. The van der Waals surface area contributed by atoms with Crippen LogP contribution in [0.2, 0.25) is 0 Å². The lowest BCUT2D eigenvalue weighted by atomic mass is 10.1. The zero-order valence-electron chi connectivity index (χ0n) is 15.8. The maximum absolute atomic E-state index is 12.9. The Morgan fingerprint density at radius 1 is 1.37 bits per heavy atom. The summed E-state index contributed by atoms with van der Waals surface area (Å²) >= 11 is 0. The molecule has 27 heavy (non-hydrogen) atoms. The summed E-state index contributed by atoms with van der Waals surface area (Å²) in [7, 11) is 0. The first kappa shape index (κ1) is 21.2. The van der Waals surface area contributed by atoms with E-state index < -0.39 is 17.7 Å². The molecular weight excluding hydrogens is 359 g/mol. The van der Waals surface area contributed by atoms with Crippen molar-refractivity contribution >= 4 is 17.5 Å². The Hall–Kier alpha value is -2.09. The molecule has 2 amide bonds. The number of alkyl halides is 3. The average Bonchev–Trinajstić information content (AvgIpc) is 2.99. The van der Waals surface area contributed by atoms with Gasteiger partial charge >= 0.3 is 6.18 Å². The Morgan fingerprint density at radius 2 is 2.07 bits per heavy atom. The van der Waals surface area contributed by atoms with E-state index in [2.05, 4.69) is 24.1 Å². The van der Waals surface area contributed by atoms with Gasteiger partial charge in [0.2, 0.25) is 11.8 Å². The van der Waals surface area contributed by atoms with E-state index in [-0.39, 0.29) is 30.5 Å². The lowest BCUT2D eigenvalue weighted by Gasteiger charge is -2.25. The van der Waals surface area contributed by atoms with Crippen molar-refractivity contribution in [3.05, 3.63) is 29.8 Å². The van der Waals surface area contributed by atoms with Gasteiger partial charge in [0, 0.05) is 37.8 Å². The van der Waals surface area contributed by atoms with E-state index >= 15 is 0 Å². The predicted molar refractivity (Wildman–Crippen MR) is 97.3 cm³/mol. The van der Waals surface area contributed by atoms with E-state index in [0.29, 0.717) is 19.1 Å². The molecule has 1 aromatic carbocycles. The van der Waals surface area contributed by atoms with Gasteiger partial charge in [0.15, 0.2) is 0 Å². The van der Waals surface area contributed by atoms with Gasteiger partial charge in [-0.05, 0) is 38.6 Å². The van der Waals surface area contributed by atoms with Gasteiger partial charge in [-0.1, -0.05) is 13.0 Å². The summed E-state index contributed by atoms with van der Waals surface area (Å²) in [6.45, 7) is 8.34. The van der Waals surface area contributed by atoms with Gasteiger partial charge in [0.05, 0.1) is 11.5 Å². The lowest BCUT2D eigenvalue weighted by molar-refractivity contribution is -0.137. The number of benzene rings is 1. The van der Waals surface area contributed by atoms with E-state index in [9.17, 15) is 22.8 Å². The molecule has 1 saturated heterocycles. The first-order valence-electron chi connectivity index (χ1n) is 9.12. The number of halogens is 3. The third kappa shape index (κ3) is 5.45. The molecule has 1 atom stereocenters. The van der Waals surface area contributed by atoms with Crippen LogP contribution < -0.4 is 10.2 Å². The molecule has 0 aromatic heterocycles. The quantitative estimate of drug-likeness (QED) is 0.785. The summed E-state index contributed by atoms with van der Waals surface area (Å²) in [5, 5.41) is 2.83. The summed E-state index contributed by atoms with van der Waals surface area (Å²) in [5.41, 5.74) is -0.642. The molecule has 150 valence electrons. The SMILES string of the molecule is CCN(CCNC(=O)C1CC(=O)N(c2cccc(C(F)(F)F)c2)C1)C(C)C. The summed E-state index contributed by atoms with van der Waals surface area (Å²) in [6.07, 6.45) is -4.47. The number of nitrogens with zero attached hydrogens (tertiary/aromatic N) is 2. The number of nitrogens with one attached hydrogen (secondary N) is 1. The van der Waals surface area contributed by atoms with Gasteiger partial charge in [-0.3, -0.25) is 14.5 Å². The van der Waals surface area contributed by atoms with E-state index in [4.69, 9.17) is 0 Å². The van der Waals surface area contributed by atoms with Crippen molar-refractivity contribution in [1.82, 2.24) is 10.2 Å². The van der Waals surface area contributed by atoms with Gasteiger partial charge in [0.25, 0.3) is 0 Å². The van der Waals surface area contributed by atoms with Crippen LogP contribution in [0.4, 0.5) is 18.9 Å². The van der Waals surface area contributed by atoms with Crippen molar-refractivity contribution < 1.29 is 22.8 Å². The number of likely N-dealkylation sites (N-methyl/N-ethyl adjacent to an activating group) is 1. The molecule has 0 aliphatic carbocycles. The zero-order chi connectivity index (χ0) is 20.2. The largest absolute Gasteiger partial charge is 0.416 e. The van der Waals surface area contributed by atoms with Gasteiger partial charge in [0.1, 0.15) is 0 Å². The van der Waals surface area contributed by atoms with Crippen LogP contribution in [-0.4, -0.2) is 48.9 Å². The molecule has 1 fully saturated rings. The van der Waals surface area contributed by atoms with Crippen molar-refractivity contribution in [2.45, 2.75) is 39.4 Å². The van der Waals surface area contributed by atoms with Crippen LogP contribution in [0.3, 0.4) is 0 Å². The maximum atomic E-state index is 12.9. The fourth-order valence-electron chi connectivity index (χ4n) is 3.23. The third-order valence-corrected chi connectivity index (χ3v) is 4.82. The Kier molecular flexibility index (Phi) is 6.86. The molecule has 1 heterocycles. The minimum absolute atomic E-state index is 0.00372. The summed E-state index contributed by atoms with van der Waals surface area (Å²) in [4.78, 5) is 28.0. The minimum atomic E-state index is -4.48. The second-order valence-electron chi connectivity index (χ2n) is 6.97. The Morgan fingerprint density at radius 3 is 2.67 bits per heavy atom. The number of hydrogen-bond acceptors (Lipinski definition) is 3. The van der Waals surface area contributed by atoms with Crippen molar-refractivity contribution in [3.63, 3.8) is 0 Å². The number of hydrogen-bond donors (Lipinski definition) is 1. The third-order valence-electron chi connectivity index (χ3n) is 4.82. The van der Waals surface area contributed by atoms with E-state index in [1.54, 1.807) is 0 Å². The molecule has 0 radical (unpaired) electrons. The monoisotopic (exact) mass is 385 g/mol. The number of anilines is 1. The van der Waals surface area contributed by atoms with E-state index in [1.807, 2.05) is 6.92 Å². The molecule has 5 nitrogen and oxygen atoms in total. The molecule has 0 bridgehead atoms. The van der Waals surface area contributed by atoms with Crippen molar-refractivity contribution in [2.24, 2.45) is 5.92 Å². The number of rotatable bonds is 7. The molecule has 1 aliphatic rings. The highest BCUT2D eigenvalue weighted by molar-refractivity contribution is 6.00. The highest BCUT2D eigenvalue weighted by Gasteiger charge is 2.36. The van der Waals surface area contributed by atoms with Crippen molar-refractivity contribution in [2.75, 3.05) is 31.1 Å². The van der Waals surface area contributed by atoms with Crippen LogP contribution >= 0.6 is 0 Å². The number of amides is 2. The van der Waals surface area contributed by atoms with Gasteiger partial charge < -0.3 is 10.2 Å². The zero-order valence-corrected chi connectivity index (χ0v) is 15.8. The fraction of sp³-hybridized carbons (Fsp3) is 0.579. The highest BCUT2D eigenvalue weighted by Crippen LogP contribution is 2.33. The smallest absolute Gasteiger partial charge is 0.355 e. The summed E-state index contributed by atoms with van der Waals surface area (Å²) in [6, 6.07) is 5.00. The number of carbonyl (C=O) groups excluding carboxylic acids is 2. The van der Waals surface area contributed by atoms with Crippen LogP contribution in [0.5, 0.6) is 0 Å². The highest BCUT2D eigenvalue weighted by atomic mass is 19.4. The summed E-state index contributed by atoms with van der Waals surface area (Å²) in [5.74, 6) is -1.13. The minimum Gasteiger partial charge on any atom is -0.355 e. The second kappa shape index (κ2) is 8.73. The first-order valence-corrected chi connectivity index (χ1v) is 9.12. The van der Waals surface area contributed by atoms with E-state index in [0.717, 1.165) is 18.7 Å². The van der Waals surface area contributed by atoms with Crippen molar-refractivity contribution in [1.29, 1.82) is 0 Å². The standard InChI is InChI=1S/C19H26F3N3O2/c1-4-24(13(2)3)9-8-23-18(27)14-10-17(26)25(12-14)16-7-5-6-15(11-16)19(20,21)22/h5-7,11,13-14H,4,8-10,12H2,1-3H3,(H,23,27). The normalized spacial score (nSPS) is 17.9. The van der Waals surface area contributed by atoms with Crippen LogP contribution in [0.15, 0.2) is 24.3 Å². The van der Waals surface area contributed by atoms with Crippen LogP contribution in [0.1, 0.15) is 32.8 Å². The maximum Gasteiger partial charge on any atom is 0.416 e. The van der Waals surface area contributed by atoms with Crippen LogP contribution in [0.25, 0.3) is 0 Å². The molecule has 8 heteroatoms. The van der Waals surface area contributed by atoms with Gasteiger partial charge in [-0.2, -0.15) is 13.2 Å². The molecule has 0 spiro atoms. The van der Waals surface area contributed by atoms with Crippen LogP contribution in [0, 0.1) is 5.92 Å². The second-order valence-corrected chi connectivity index (χ2v) is 6.97. The van der Waals surface area contributed by atoms with Gasteiger partial charge in [-0.25, -0.2) is 0 Å². The molecule has 1 aliphatic heterocycles. The summed E-state index contributed by atoms with van der Waals surface area (Å²) < 4.78 is 38.6. The molecular formula is C19H26F3N3O2. The van der Waals surface area contributed by atoms with Crippen molar-refractivity contribution in [3.8, 4) is 0 Å². The predicted octanol–water partition coefficient (Wildman–Crippen LogP) is 2.90. The Bertz CT molecular complexity index is 676. The lowest BCUT2D eigenvalue weighted by Crippen LogP contribution is -2.40. The van der Waals surface area contributed by atoms with E-state index in [1.165, 1.54) is 17.0 Å². The Labute approximate surface area is 157 Å². The van der Waals surface area contributed by atoms with Crippen LogP contribution in [-0.2, 0) is 15.8 Å². The molecule has 1 unspecified atom stereocenters.